The third-order valence-corrected chi connectivity index (χ3v) is 4.84. The molecule has 1 saturated heterocycles. The molecule has 2 aromatic rings. The van der Waals surface area contributed by atoms with E-state index < -0.39 is 5.60 Å². The molecule has 0 spiro atoms. The molecule has 24 heavy (non-hydrogen) atoms. The van der Waals surface area contributed by atoms with Crippen molar-refractivity contribution in [2.75, 3.05) is 13.1 Å². The van der Waals surface area contributed by atoms with Crippen molar-refractivity contribution in [3.63, 3.8) is 0 Å². The average Bonchev–Trinajstić information content (AvgIpc) is 2.52. The molecule has 1 fully saturated rings. The lowest BCUT2D eigenvalue weighted by Crippen LogP contribution is -2.66. The Labute approximate surface area is 154 Å². The Hall–Kier alpha value is -1.27. The van der Waals surface area contributed by atoms with Gasteiger partial charge in [0.2, 0.25) is 0 Å². The third kappa shape index (κ3) is 4.03. The Morgan fingerprint density at radius 3 is 2.71 bits per heavy atom. The van der Waals surface area contributed by atoms with Gasteiger partial charge >= 0.3 is 0 Å². The zero-order chi connectivity index (χ0) is 17.2. The predicted molar refractivity (Wildman–Crippen MR) is 97.8 cm³/mol. The first-order valence-electron chi connectivity index (χ1n) is 7.73. The van der Waals surface area contributed by atoms with E-state index in [1.165, 1.54) is 0 Å². The van der Waals surface area contributed by atoms with E-state index in [-0.39, 0.29) is 6.10 Å². The van der Waals surface area contributed by atoms with Crippen molar-refractivity contribution < 1.29 is 14.6 Å². The zero-order valence-electron chi connectivity index (χ0n) is 13.3. The highest BCUT2D eigenvalue weighted by Crippen LogP contribution is 2.34. The molecular weight excluding hydrogens is 394 g/mol. The van der Waals surface area contributed by atoms with Gasteiger partial charge in [-0.1, -0.05) is 39.7 Å². The summed E-state index contributed by atoms with van der Waals surface area (Å²) in [7, 11) is 0. The fourth-order valence-electron chi connectivity index (χ4n) is 2.45. The van der Waals surface area contributed by atoms with Gasteiger partial charge in [-0.05, 0) is 42.8 Å². The Morgan fingerprint density at radius 2 is 2.04 bits per heavy atom. The summed E-state index contributed by atoms with van der Waals surface area (Å²) in [6.07, 6.45) is -0.346. The Morgan fingerprint density at radius 1 is 1.25 bits per heavy atom. The highest BCUT2D eigenvalue weighted by Gasteiger charge is 2.41. The number of benzene rings is 2. The molecule has 3 rings (SSSR count). The minimum absolute atomic E-state index is 0.346. The van der Waals surface area contributed by atoms with Crippen LogP contribution in [0.1, 0.15) is 12.5 Å². The molecule has 2 aromatic carbocycles. The Balaban J connectivity index is 1.73. The highest BCUT2D eigenvalue weighted by atomic mass is 79.9. The van der Waals surface area contributed by atoms with E-state index in [9.17, 15) is 5.11 Å². The highest BCUT2D eigenvalue weighted by molar-refractivity contribution is 9.10. The number of β-amino-alcohol motifs (C(OH)–C–C–N with tert-alkyl or cyclic N) is 1. The Bertz CT molecular complexity index is 721. The van der Waals surface area contributed by atoms with Crippen molar-refractivity contribution in [1.82, 2.24) is 5.32 Å². The van der Waals surface area contributed by atoms with Gasteiger partial charge in [-0.3, -0.25) is 0 Å². The molecule has 1 aliphatic rings. The summed E-state index contributed by atoms with van der Waals surface area (Å²) in [6, 6.07) is 13.1. The average molecular weight is 413 g/mol. The molecule has 0 aliphatic carbocycles. The van der Waals surface area contributed by atoms with E-state index in [1.807, 2.05) is 49.4 Å². The van der Waals surface area contributed by atoms with Crippen LogP contribution in [0.3, 0.4) is 0 Å². The maximum absolute atomic E-state index is 10.4. The van der Waals surface area contributed by atoms with Crippen LogP contribution < -0.4 is 14.8 Å². The molecule has 0 radical (unpaired) electrons. The number of hydrogen-bond donors (Lipinski definition) is 2. The van der Waals surface area contributed by atoms with Crippen LogP contribution >= 0.6 is 27.5 Å². The minimum Gasteiger partial charge on any atom is -0.485 e. The molecule has 0 aromatic heterocycles. The second kappa shape index (κ2) is 7.31. The minimum atomic E-state index is -0.841. The number of nitrogens with one attached hydrogen (secondary N) is 1. The second-order valence-electron chi connectivity index (χ2n) is 5.98. The molecule has 128 valence electrons. The fraction of sp³-hybridized carbons (Fsp3) is 0.333. The van der Waals surface area contributed by atoms with Gasteiger partial charge < -0.3 is 19.9 Å². The van der Waals surface area contributed by atoms with Crippen molar-refractivity contribution in [2.24, 2.45) is 0 Å². The van der Waals surface area contributed by atoms with Crippen LogP contribution in [0, 0.1) is 0 Å². The number of rotatable bonds is 6. The van der Waals surface area contributed by atoms with E-state index in [0.29, 0.717) is 36.2 Å². The van der Waals surface area contributed by atoms with Crippen LogP contribution in [0.25, 0.3) is 0 Å². The smallest absolute Gasteiger partial charge is 0.162 e. The van der Waals surface area contributed by atoms with E-state index in [2.05, 4.69) is 21.2 Å². The molecule has 0 amide bonds. The van der Waals surface area contributed by atoms with Crippen molar-refractivity contribution in [3.05, 3.63) is 57.5 Å². The lowest BCUT2D eigenvalue weighted by atomic mass is 9.91. The quantitative estimate of drug-likeness (QED) is 0.758. The Kier molecular flexibility index (Phi) is 5.35. The number of aliphatic hydroxyl groups is 1. The van der Waals surface area contributed by atoms with Crippen molar-refractivity contribution in [1.29, 1.82) is 0 Å². The number of hydrogen-bond acceptors (Lipinski definition) is 4. The molecule has 0 saturated carbocycles. The van der Waals surface area contributed by atoms with Crippen LogP contribution in [-0.2, 0) is 6.61 Å². The first kappa shape index (κ1) is 17.5. The first-order chi connectivity index (χ1) is 11.5. The SMILES string of the molecule is CC(Oc1cc(Br)ccc1OCc1cccc(Cl)c1)C1(O)CNC1. The van der Waals surface area contributed by atoms with E-state index >= 15 is 0 Å². The number of halogens is 2. The topological polar surface area (TPSA) is 50.7 Å². The van der Waals surface area contributed by atoms with Gasteiger partial charge in [-0.15, -0.1) is 0 Å². The van der Waals surface area contributed by atoms with Crippen LogP contribution in [0.15, 0.2) is 46.9 Å². The monoisotopic (exact) mass is 411 g/mol. The molecule has 2 N–H and O–H groups in total. The van der Waals surface area contributed by atoms with Crippen molar-refractivity contribution >= 4 is 27.5 Å². The summed E-state index contributed by atoms with van der Waals surface area (Å²) in [6.45, 7) is 3.31. The summed E-state index contributed by atoms with van der Waals surface area (Å²) in [5, 5.41) is 14.1. The van der Waals surface area contributed by atoms with E-state index in [0.717, 1.165) is 10.0 Å². The standard InChI is InChI=1S/C18H19BrClNO3/c1-12(18(22)10-21-11-18)24-17-8-14(19)5-6-16(17)23-9-13-3-2-4-15(20)7-13/h2-8,12,21-22H,9-11H2,1H3. The third-order valence-electron chi connectivity index (χ3n) is 4.11. The molecule has 1 aliphatic heterocycles. The van der Waals surface area contributed by atoms with Gasteiger partial charge in [0.25, 0.3) is 0 Å². The van der Waals surface area contributed by atoms with Crippen LogP contribution in [0.5, 0.6) is 11.5 Å². The number of ether oxygens (including phenoxy) is 2. The maximum Gasteiger partial charge on any atom is 0.162 e. The molecule has 4 nitrogen and oxygen atoms in total. The van der Waals surface area contributed by atoms with E-state index in [4.69, 9.17) is 21.1 Å². The molecule has 1 atom stereocenters. The van der Waals surface area contributed by atoms with Crippen molar-refractivity contribution in [2.45, 2.75) is 25.2 Å². The predicted octanol–water partition coefficient (Wildman–Crippen LogP) is 3.78. The summed E-state index contributed by atoms with van der Waals surface area (Å²) in [4.78, 5) is 0. The van der Waals surface area contributed by atoms with Gasteiger partial charge in [-0.2, -0.15) is 0 Å². The summed E-state index contributed by atoms with van der Waals surface area (Å²) < 4.78 is 12.8. The van der Waals surface area contributed by atoms with Gasteiger partial charge in [0.15, 0.2) is 11.5 Å². The van der Waals surface area contributed by atoms with Gasteiger partial charge in [0.05, 0.1) is 0 Å². The zero-order valence-corrected chi connectivity index (χ0v) is 15.6. The second-order valence-corrected chi connectivity index (χ2v) is 7.33. The summed E-state index contributed by atoms with van der Waals surface area (Å²) >= 11 is 9.45. The largest absolute Gasteiger partial charge is 0.485 e. The van der Waals surface area contributed by atoms with Crippen LogP contribution in [-0.4, -0.2) is 29.9 Å². The molecule has 1 heterocycles. The first-order valence-corrected chi connectivity index (χ1v) is 8.90. The lowest BCUT2D eigenvalue weighted by Gasteiger charge is -2.42. The van der Waals surface area contributed by atoms with Gasteiger partial charge in [-0.25, -0.2) is 0 Å². The normalized spacial score (nSPS) is 17.0. The maximum atomic E-state index is 10.4. The van der Waals surface area contributed by atoms with Crippen LogP contribution in [0.4, 0.5) is 0 Å². The van der Waals surface area contributed by atoms with Gasteiger partial charge in [0.1, 0.15) is 18.3 Å². The molecule has 1 unspecified atom stereocenters. The lowest BCUT2D eigenvalue weighted by molar-refractivity contribution is -0.0886. The summed E-state index contributed by atoms with van der Waals surface area (Å²) in [5.74, 6) is 1.22. The van der Waals surface area contributed by atoms with E-state index in [1.54, 1.807) is 0 Å². The van der Waals surface area contributed by atoms with Gasteiger partial charge in [0, 0.05) is 22.6 Å². The van der Waals surface area contributed by atoms with Crippen LogP contribution in [0.2, 0.25) is 5.02 Å². The summed E-state index contributed by atoms with van der Waals surface area (Å²) in [5.41, 5.74) is 0.137. The molecule has 0 bridgehead atoms. The fourth-order valence-corrected chi connectivity index (χ4v) is 3.00. The van der Waals surface area contributed by atoms with Crippen molar-refractivity contribution in [3.8, 4) is 11.5 Å². The molecular formula is C18H19BrClNO3. The molecule has 6 heteroatoms.